The summed E-state index contributed by atoms with van der Waals surface area (Å²) in [7, 11) is 0. The van der Waals surface area contributed by atoms with Crippen LogP contribution in [-0.2, 0) is 0 Å². The SMILES string of the molecule is CSc1nc2ccc3nc(NC(=O)c4ncccn4)sc3c2s1. The zero-order valence-electron chi connectivity index (χ0n) is 11.8. The molecule has 0 spiro atoms. The fraction of sp³-hybridized carbons (Fsp3) is 0.0714. The van der Waals surface area contributed by atoms with Crippen LogP contribution in [0.25, 0.3) is 20.4 Å². The zero-order valence-corrected chi connectivity index (χ0v) is 14.3. The molecule has 0 saturated carbocycles. The summed E-state index contributed by atoms with van der Waals surface area (Å²) in [6.07, 6.45) is 5.07. The Balaban J connectivity index is 1.72. The Bertz CT molecular complexity index is 1010. The summed E-state index contributed by atoms with van der Waals surface area (Å²) in [5, 5.41) is 3.29. The molecule has 3 heterocycles. The van der Waals surface area contributed by atoms with E-state index in [0.717, 1.165) is 24.8 Å². The van der Waals surface area contributed by atoms with E-state index in [0.29, 0.717) is 5.13 Å². The molecule has 0 bridgehead atoms. The third-order valence-electron chi connectivity index (χ3n) is 3.06. The lowest BCUT2D eigenvalue weighted by Crippen LogP contribution is -2.14. The van der Waals surface area contributed by atoms with Crippen molar-refractivity contribution in [3.05, 3.63) is 36.4 Å². The predicted molar refractivity (Wildman–Crippen MR) is 94.6 cm³/mol. The first-order valence-electron chi connectivity index (χ1n) is 6.57. The molecule has 1 amide bonds. The van der Waals surface area contributed by atoms with Crippen LogP contribution in [0.4, 0.5) is 5.13 Å². The molecule has 114 valence electrons. The highest BCUT2D eigenvalue weighted by atomic mass is 32.2. The van der Waals surface area contributed by atoms with E-state index in [4.69, 9.17) is 0 Å². The van der Waals surface area contributed by atoms with Crippen molar-refractivity contribution < 1.29 is 4.79 Å². The summed E-state index contributed by atoms with van der Waals surface area (Å²) < 4.78 is 3.15. The van der Waals surface area contributed by atoms with E-state index in [-0.39, 0.29) is 11.7 Å². The fourth-order valence-electron chi connectivity index (χ4n) is 2.06. The molecule has 4 aromatic rings. The van der Waals surface area contributed by atoms with Crippen molar-refractivity contribution >= 4 is 65.9 Å². The predicted octanol–water partition coefficient (Wildman–Crippen LogP) is 3.67. The molecule has 0 aliphatic carbocycles. The van der Waals surface area contributed by atoms with Crippen molar-refractivity contribution in [2.75, 3.05) is 11.6 Å². The number of benzene rings is 1. The molecule has 0 aliphatic rings. The van der Waals surface area contributed by atoms with Gasteiger partial charge in [-0.2, -0.15) is 0 Å². The van der Waals surface area contributed by atoms with Gasteiger partial charge in [-0.3, -0.25) is 10.1 Å². The minimum atomic E-state index is -0.366. The topological polar surface area (TPSA) is 80.7 Å². The number of carbonyl (C=O) groups excluding carboxylic acids is 1. The molecule has 0 unspecified atom stereocenters. The smallest absolute Gasteiger partial charge is 0.295 e. The standard InChI is InChI=1S/C14H9N5OS3/c1-21-14-18-8-4-3-7-9(10(8)23-14)22-13(17-7)19-12(20)11-15-5-2-6-16-11/h2-6H,1H3,(H,17,19,20). The normalized spacial score (nSPS) is 11.2. The third-order valence-corrected chi connectivity index (χ3v) is 6.26. The number of carbonyl (C=O) groups is 1. The van der Waals surface area contributed by atoms with E-state index in [1.165, 1.54) is 23.7 Å². The van der Waals surface area contributed by atoms with Gasteiger partial charge in [0, 0.05) is 12.4 Å². The number of fused-ring (bicyclic) bond motifs is 3. The van der Waals surface area contributed by atoms with Crippen LogP contribution >= 0.6 is 34.4 Å². The molecule has 4 rings (SSSR count). The number of amides is 1. The third kappa shape index (κ3) is 2.67. The number of anilines is 1. The summed E-state index contributed by atoms with van der Waals surface area (Å²) in [6.45, 7) is 0. The summed E-state index contributed by atoms with van der Waals surface area (Å²) in [5.41, 5.74) is 1.81. The Labute approximate surface area is 143 Å². The Morgan fingerprint density at radius 3 is 2.52 bits per heavy atom. The largest absolute Gasteiger partial charge is 0.295 e. The van der Waals surface area contributed by atoms with Crippen LogP contribution in [0.2, 0.25) is 0 Å². The van der Waals surface area contributed by atoms with Crippen molar-refractivity contribution in [3.63, 3.8) is 0 Å². The quantitative estimate of drug-likeness (QED) is 0.562. The van der Waals surface area contributed by atoms with Crippen molar-refractivity contribution in [2.45, 2.75) is 4.34 Å². The van der Waals surface area contributed by atoms with E-state index >= 15 is 0 Å². The number of nitrogens with zero attached hydrogens (tertiary/aromatic N) is 4. The van der Waals surface area contributed by atoms with E-state index in [1.807, 2.05) is 18.4 Å². The van der Waals surface area contributed by atoms with Crippen LogP contribution in [0.15, 0.2) is 34.9 Å². The van der Waals surface area contributed by atoms with Gasteiger partial charge in [-0.15, -0.1) is 11.3 Å². The van der Waals surface area contributed by atoms with Gasteiger partial charge < -0.3 is 0 Å². The fourth-order valence-corrected chi connectivity index (χ4v) is 4.72. The lowest BCUT2D eigenvalue weighted by atomic mass is 10.3. The molecule has 9 heteroatoms. The Morgan fingerprint density at radius 2 is 1.78 bits per heavy atom. The molecule has 0 saturated heterocycles. The highest BCUT2D eigenvalue weighted by molar-refractivity contribution is 8.00. The van der Waals surface area contributed by atoms with Gasteiger partial charge in [0.05, 0.1) is 20.4 Å². The monoisotopic (exact) mass is 359 g/mol. The van der Waals surface area contributed by atoms with Gasteiger partial charge >= 0.3 is 0 Å². The summed E-state index contributed by atoms with van der Waals surface area (Å²) in [5.74, 6) is -0.241. The molecule has 1 aromatic carbocycles. The second-order valence-electron chi connectivity index (χ2n) is 4.49. The van der Waals surface area contributed by atoms with Crippen molar-refractivity contribution in [1.82, 2.24) is 19.9 Å². The maximum absolute atomic E-state index is 12.1. The van der Waals surface area contributed by atoms with Crippen molar-refractivity contribution in [2.24, 2.45) is 0 Å². The molecule has 0 radical (unpaired) electrons. The van der Waals surface area contributed by atoms with E-state index in [9.17, 15) is 4.79 Å². The van der Waals surface area contributed by atoms with Crippen molar-refractivity contribution in [3.8, 4) is 0 Å². The van der Waals surface area contributed by atoms with Crippen LogP contribution in [0.3, 0.4) is 0 Å². The molecule has 0 fully saturated rings. The Kier molecular flexibility index (Phi) is 3.68. The highest BCUT2D eigenvalue weighted by Gasteiger charge is 2.15. The van der Waals surface area contributed by atoms with Crippen LogP contribution in [0.1, 0.15) is 10.6 Å². The lowest BCUT2D eigenvalue weighted by molar-refractivity contribution is 0.101. The molecule has 0 aliphatic heterocycles. The molecular weight excluding hydrogens is 350 g/mol. The summed E-state index contributed by atoms with van der Waals surface area (Å²) in [6, 6.07) is 5.55. The highest BCUT2D eigenvalue weighted by Crippen LogP contribution is 2.37. The first-order chi connectivity index (χ1) is 11.2. The Hall–Kier alpha value is -2.10. The summed E-state index contributed by atoms with van der Waals surface area (Å²) in [4.78, 5) is 29.0. The number of rotatable bonds is 3. The van der Waals surface area contributed by atoms with E-state index in [2.05, 4.69) is 25.3 Å². The lowest BCUT2D eigenvalue weighted by Gasteiger charge is -1.98. The second-order valence-corrected chi connectivity index (χ2v) is 7.54. The minimum absolute atomic E-state index is 0.124. The minimum Gasteiger partial charge on any atom is -0.295 e. The van der Waals surface area contributed by atoms with Gasteiger partial charge in [0.1, 0.15) is 0 Å². The number of thioether (sulfide) groups is 1. The molecule has 3 aromatic heterocycles. The van der Waals surface area contributed by atoms with Gasteiger partial charge in [0.2, 0.25) is 5.82 Å². The first kappa shape index (κ1) is 14.5. The second kappa shape index (κ2) is 5.84. The maximum atomic E-state index is 12.1. The first-order valence-corrected chi connectivity index (χ1v) is 9.43. The van der Waals surface area contributed by atoms with E-state index in [1.54, 1.807) is 29.2 Å². The molecule has 6 nitrogen and oxygen atoms in total. The van der Waals surface area contributed by atoms with Crippen molar-refractivity contribution in [1.29, 1.82) is 0 Å². The average molecular weight is 359 g/mol. The van der Waals surface area contributed by atoms with E-state index < -0.39 is 0 Å². The summed E-state index contributed by atoms with van der Waals surface area (Å²) >= 11 is 4.70. The van der Waals surface area contributed by atoms with Gasteiger partial charge in [0.25, 0.3) is 5.91 Å². The van der Waals surface area contributed by atoms with Crippen LogP contribution in [-0.4, -0.2) is 32.1 Å². The number of hydrogen-bond acceptors (Lipinski definition) is 8. The maximum Gasteiger partial charge on any atom is 0.295 e. The molecule has 1 N–H and O–H groups in total. The average Bonchev–Trinajstić information content (AvgIpc) is 3.18. The van der Waals surface area contributed by atoms with Gasteiger partial charge in [-0.1, -0.05) is 23.1 Å². The molecule has 0 atom stereocenters. The van der Waals surface area contributed by atoms with Crippen LogP contribution in [0, 0.1) is 0 Å². The van der Waals surface area contributed by atoms with Gasteiger partial charge in [0.15, 0.2) is 9.47 Å². The number of nitrogens with one attached hydrogen (secondary N) is 1. The van der Waals surface area contributed by atoms with Crippen LogP contribution in [0.5, 0.6) is 0 Å². The number of thiazole rings is 2. The zero-order chi connectivity index (χ0) is 15.8. The van der Waals surface area contributed by atoms with Gasteiger partial charge in [-0.25, -0.2) is 19.9 Å². The van der Waals surface area contributed by atoms with Crippen LogP contribution < -0.4 is 5.32 Å². The Morgan fingerprint density at radius 1 is 1.09 bits per heavy atom. The van der Waals surface area contributed by atoms with Gasteiger partial charge in [-0.05, 0) is 24.5 Å². The number of aromatic nitrogens is 4. The molecule has 23 heavy (non-hydrogen) atoms. The molecular formula is C14H9N5OS3. The number of hydrogen-bond donors (Lipinski definition) is 1.